The highest BCUT2D eigenvalue weighted by Gasteiger charge is 2.05. The van der Waals surface area contributed by atoms with Gasteiger partial charge < -0.3 is 9.73 Å². The molecule has 2 aromatic rings. The molecule has 0 aliphatic carbocycles. The van der Waals surface area contributed by atoms with Gasteiger partial charge in [0.2, 0.25) is 5.91 Å². The summed E-state index contributed by atoms with van der Waals surface area (Å²) in [5.74, 6) is 1.20. The first-order valence-corrected chi connectivity index (χ1v) is 7.13. The van der Waals surface area contributed by atoms with Crippen LogP contribution in [-0.2, 0) is 11.3 Å². The number of rotatable bonds is 5. The summed E-state index contributed by atoms with van der Waals surface area (Å²) in [6.07, 6.45) is 1.60. The van der Waals surface area contributed by atoms with Gasteiger partial charge in [-0.05, 0) is 37.6 Å². The fourth-order valence-electron chi connectivity index (χ4n) is 1.75. The van der Waals surface area contributed by atoms with Crippen molar-refractivity contribution in [2.75, 3.05) is 5.75 Å². The van der Waals surface area contributed by atoms with Gasteiger partial charge in [-0.2, -0.15) is 0 Å². The van der Waals surface area contributed by atoms with Crippen LogP contribution in [0.25, 0.3) is 0 Å². The number of nitrogens with one attached hydrogen (secondary N) is 1. The van der Waals surface area contributed by atoms with E-state index < -0.39 is 0 Å². The Kier molecular flexibility index (Phi) is 4.68. The molecule has 1 amide bonds. The zero-order valence-corrected chi connectivity index (χ0v) is 11.9. The Balaban J connectivity index is 1.80. The van der Waals surface area contributed by atoms with Gasteiger partial charge in [0.1, 0.15) is 5.76 Å². The highest BCUT2D eigenvalue weighted by molar-refractivity contribution is 8.00. The van der Waals surface area contributed by atoms with Crippen LogP contribution < -0.4 is 5.32 Å². The molecule has 19 heavy (non-hydrogen) atoms. The molecular weight excluding hydrogens is 258 g/mol. The van der Waals surface area contributed by atoms with Crippen molar-refractivity contribution in [3.8, 4) is 0 Å². The summed E-state index contributed by atoms with van der Waals surface area (Å²) in [5.41, 5.74) is 2.45. The van der Waals surface area contributed by atoms with Crippen LogP contribution in [0.4, 0.5) is 0 Å². The van der Waals surface area contributed by atoms with Crippen LogP contribution in [0.15, 0.2) is 45.9 Å². The number of aryl methyl sites for hydroxylation is 2. The molecule has 0 saturated carbocycles. The maximum absolute atomic E-state index is 11.7. The number of hydrogen-bond acceptors (Lipinski definition) is 3. The second-order valence-electron chi connectivity index (χ2n) is 4.41. The van der Waals surface area contributed by atoms with Crippen LogP contribution in [0, 0.1) is 13.8 Å². The smallest absolute Gasteiger partial charge is 0.230 e. The van der Waals surface area contributed by atoms with Gasteiger partial charge in [0, 0.05) is 4.90 Å². The van der Waals surface area contributed by atoms with E-state index in [0.717, 1.165) is 10.7 Å². The number of carbonyl (C=O) groups is 1. The lowest BCUT2D eigenvalue weighted by atomic mass is 10.2. The Labute approximate surface area is 117 Å². The molecule has 0 saturated heterocycles. The number of amides is 1. The van der Waals surface area contributed by atoms with E-state index in [1.54, 1.807) is 18.0 Å². The Morgan fingerprint density at radius 1 is 1.32 bits per heavy atom. The zero-order chi connectivity index (χ0) is 13.7. The summed E-state index contributed by atoms with van der Waals surface area (Å²) in [6, 6.07) is 9.91. The lowest BCUT2D eigenvalue weighted by Crippen LogP contribution is -2.24. The molecule has 100 valence electrons. The molecule has 1 aromatic carbocycles. The van der Waals surface area contributed by atoms with Gasteiger partial charge in [0.05, 0.1) is 18.6 Å². The minimum absolute atomic E-state index is 0.0152. The third kappa shape index (κ3) is 4.17. The normalized spacial score (nSPS) is 10.4. The molecule has 0 aliphatic rings. The van der Waals surface area contributed by atoms with Gasteiger partial charge in [0.15, 0.2) is 0 Å². The third-order valence-electron chi connectivity index (χ3n) is 2.73. The SMILES string of the molecule is Cc1ccc(SCC(=O)NCc2ccco2)c(C)c1. The molecule has 0 radical (unpaired) electrons. The van der Waals surface area contributed by atoms with Crippen LogP contribution in [-0.4, -0.2) is 11.7 Å². The van der Waals surface area contributed by atoms with Crippen molar-refractivity contribution in [2.45, 2.75) is 25.3 Å². The fourth-order valence-corrected chi connectivity index (χ4v) is 2.59. The molecule has 1 aromatic heterocycles. The van der Waals surface area contributed by atoms with E-state index in [0.29, 0.717) is 12.3 Å². The topological polar surface area (TPSA) is 42.2 Å². The molecule has 0 bridgehead atoms. The molecule has 2 rings (SSSR count). The lowest BCUT2D eigenvalue weighted by molar-refractivity contribution is -0.118. The van der Waals surface area contributed by atoms with E-state index in [1.165, 1.54) is 11.1 Å². The van der Waals surface area contributed by atoms with Crippen molar-refractivity contribution < 1.29 is 9.21 Å². The Hall–Kier alpha value is -1.68. The van der Waals surface area contributed by atoms with Crippen LogP contribution in [0.1, 0.15) is 16.9 Å². The first kappa shape index (κ1) is 13.7. The Morgan fingerprint density at radius 3 is 2.84 bits per heavy atom. The van der Waals surface area contributed by atoms with Crippen molar-refractivity contribution in [3.63, 3.8) is 0 Å². The summed E-state index contributed by atoms with van der Waals surface area (Å²) in [4.78, 5) is 12.9. The summed E-state index contributed by atoms with van der Waals surface area (Å²) in [5, 5.41) is 2.83. The highest BCUT2D eigenvalue weighted by atomic mass is 32.2. The number of carbonyl (C=O) groups excluding carboxylic acids is 1. The minimum atomic E-state index is 0.0152. The molecule has 0 unspecified atom stereocenters. The second kappa shape index (κ2) is 6.48. The summed E-state index contributed by atoms with van der Waals surface area (Å²) >= 11 is 1.56. The Bertz CT molecular complexity index is 549. The van der Waals surface area contributed by atoms with Gasteiger partial charge in [0.25, 0.3) is 0 Å². The predicted octanol–water partition coefficient (Wildman–Crippen LogP) is 3.30. The molecule has 3 nitrogen and oxygen atoms in total. The van der Waals surface area contributed by atoms with Gasteiger partial charge >= 0.3 is 0 Å². The zero-order valence-electron chi connectivity index (χ0n) is 11.1. The van der Waals surface area contributed by atoms with E-state index in [9.17, 15) is 4.79 Å². The minimum Gasteiger partial charge on any atom is -0.467 e. The summed E-state index contributed by atoms with van der Waals surface area (Å²) in [7, 11) is 0. The van der Waals surface area contributed by atoms with Gasteiger partial charge in [-0.15, -0.1) is 11.8 Å². The number of furan rings is 1. The maximum atomic E-state index is 11.7. The molecule has 1 N–H and O–H groups in total. The van der Waals surface area contributed by atoms with Gasteiger partial charge in [-0.25, -0.2) is 0 Å². The van der Waals surface area contributed by atoms with E-state index in [-0.39, 0.29) is 5.91 Å². The van der Waals surface area contributed by atoms with Crippen LogP contribution in [0.3, 0.4) is 0 Å². The highest BCUT2D eigenvalue weighted by Crippen LogP contribution is 2.22. The fraction of sp³-hybridized carbons (Fsp3) is 0.267. The van der Waals surface area contributed by atoms with Crippen LogP contribution >= 0.6 is 11.8 Å². The summed E-state index contributed by atoms with van der Waals surface area (Å²) in [6.45, 7) is 4.58. The van der Waals surface area contributed by atoms with Gasteiger partial charge in [-0.1, -0.05) is 17.7 Å². The number of hydrogen-bond donors (Lipinski definition) is 1. The van der Waals surface area contributed by atoms with E-state index in [4.69, 9.17) is 4.42 Å². The molecular formula is C15H17NO2S. The largest absolute Gasteiger partial charge is 0.467 e. The maximum Gasteiger partial charge on any atom is 0.230 e. The molecule has 0 aliphatic heterocycles. The standard InChI is InChI=1S/C15H17NO2S/c1-11-5-6-14(12(2)8-11)19-10-15(17)16-9-13-4-3-7-18-13/h3-8H,9-10H2,1-2H3,(H,16,17). The first-order chi connectivity index (χ1) is 9.15. The van der Waals surface area contributed by atoms with Crippen molar-refractivity contribution in [2.24, 2.45) is 0 Å². The molecule has 0 atom stereocenters. The summed E-state index contributed by atoms with van der Waals surface area (Å²) < 4.78 is 5.16. The van der Waals surface area contributed by atoms with E-state index in [2.05, 4.69) is 37.4 Å². The number of thioether (sulfide) groups is 1. The lowest BCUT2D eigenvalue weighted by Gasteiger charge is -2.07. The van der Waals surface area contributed by atoms with E-state index >= 15 is 0 Å². The molecule has 4 heteroatoms. The quantitative estimate of drug-likeness (QED) is 0.851. The van der Waals surface area contributed by atoms with Crippen molar-refractivity contribution >= 4 is 17.7 Å². The van der Waals surface area contributed by atoms with Crippen LogP contribution in [0.5, 0.6) is 0 Å². The first-order valence-electron chi connectivity index (χ1n) is 6.14. The van der Waals surface area contributed by atoms with Crippen LogP contribution in [0.2, 0.25) is 0 Å². The molecule has 1 heterocycles. The Morgan fingerprint density at radius 2 is 2.16 bits per heavy atom. The van der Waals surface area contributed by atoms with Crippen molar-refractivity contribution in [1.82, 2.24) is 5.32 Å². The number of benzene rings is 1. The van der Waals surface area contributed by atoms with Crippen molar-refractivity contribution in [3.05, 3.63) is 53.5 Å². The average Bonchev–Trinajstić information content (AvgIpc) is 2.88. The van der Waals surface area contributed by atoms with Crippen molar-refractivity contribution in [1.29, 1.82) is 0 Å². The monoisotopic (exact) mass is 275 g/mol. The van der Waals surface area contributed by atoms with E-state index in [1.807, 2.05) is 12.1 Å². The second-order valence-corrected chi connectivity index (χ2v) is 5.43. The molecule has 0 spiro atoms. The predicted molar refractivity (Wildman–Crippen MR) is 77.2 cm³/mol. The average molecular weight is 275 g/mol. The third-order valence-corrected chi connectivity index (χ3v) is 3.90. The molecule has 0 fully saturated rings. The van der Waals surface area contributed by atoms with Gasteiger partial charge in [-0.3, -0.25) is 4.79 Å².